The lowest BCUT2D eigenvalue weighted by Gasteiger charge is -2.14. The number of hydrogen-bond donors (Lipinski definition) is 0. The van der Waals surface area contributed by atoms with Crippen molar-refractivity contribution in [1.82, 2.24) is 0 Å². The van der Waals surface area contributed by atoms with Gasteiger partial charge in [0, 0.05) is 13.0 Å². The zero-order chi connectivity index (χ0) is 12.8. The lowest BCUT2D eigenvalue weighted by atomic mass is 10.0. The summed E-state index contributed by atoms with van der Waals surface area (Å²) in [4.78, 5) is 12.1. The molecule has 1 aliphatic rings. The van der Waals surface area contributed by atoms with Gasteiger partial charge in [0.05, 0.1) is 0 Å². The fraction of sp³-hybridized carbons (Fsp3) is 0.562. The second kappa shape index (κ2) is 6.69. The number of Topliss-reactive ketones (excluding diaryl/α,β-unsaturated/α-hetero) is 1. The van der Waals surface area contributed by atoms with Crippen LogP contribution in [0.3, 0.4) is 0 Å². The average Bonchev–Trinajstić information content (AvgIpc) is 3.21. The molecule has 1 atom stereocenters. The largest absolute Gasteiger partial charge is 0.370 e. The average molecular weight is 246 g/mol. The molecule has 2 nitrogen and oxygen atoms in total. The van der Waals surface area contributed by atoms with Gasteiger partial charge in [0.25, 0.3) is 0 Å². The third-order valence-corrected chi connectivity index (χ3v) is 3.45. The Morgan fingerprint density at radius 1 is 1.33 bits per heavy atom. The predicted octanol–water partition coefficient (Wildman–Crippen LogP) is 3.39. The molecule has 0 radical (unpaired) electrons. The smallest absolute Gasteiger partial charge is 0.161 e. The number of hydrogen-bond acceptors (Lipinski definition) is 2. The van der Waals surface area contributed by atoms with Gasteiger partial charge in [-0.15, -0.1) is 0 Å². The highest BCUT2D eigenvalue weighted by atomic mass is 16.5. The maximum absolute atomic E-state index is 12.1. The predicted molar refractivity (Wildman–Crippen MR) is 72.5 cm³/mol. The molecule has 0 aliphatic heterocycles. The SMILES string of the molecule is CCOC(C(=O)CCCc1ccccc1)C1CC1. The van der Waals surface area contributed by atoms with Gasteiger partial charge in [-0.05, 0) is 44.1 Å². The highest BCUT2D eigenvalue weighted by molar-refractivity contribution is 5.83. The summed E-state index contributed by atoms with van der Waals surface area (Å²) >= 11 is 0. The van der Waals surface area contributed by atoms with Crippen LogP contribution >= 0.6 is 0 Å². The molecule has 0 saturated heterocycles. The Labute approximate surface area is 109 Å². The van der Waals surface area contributed by atoms with E-state index in [2.05, 4.69) is 12.1 Å². The molecule has 18 heavy (non-hydrogen) atoms. The van der Waals surface area contributed by atoms with Crippen LogP contribution in [-0.4, -0.2) is 18.5 Å². The van der Waals surface area contributed by atoms with Crippen LogP contribution in [0, 0.1) is 5.92 Å². The molecule has 1 aromatic rings. The van der Waals surface area contributed by atoms with Gasteiger partial charge in [-0.25, -0.2) is 0 Å². The standard InChI is InChI=1S/C16H22O2/c1-2-18-16(14-11-12-14)15(17)10-6-9-13-7-4-3-5-8-13/h3-5,7-8,14,16H,2,6,9-12H2,1H3. The third-order valence-electron chi connectivity index (χ3n) is 3.45. The molecule has 0 heterocycles. The molecule has 1 aromatic carbocycles. The fourth-order valence-corrected chi connectivity index (χ4v) is 2.32. The van der Waals surface area contributed by atoms with Crippen molar-refractivity contribution >= 4 is 5.78 Å². The van der Waals surface area contributed by atoms with Crippen molar-refractivity contribution in [1.29, 1.82) is 0 Å². The van der Waals surface area contributed by atoms with Gasteiger partial charge in [0.1, 0.15) is 6.10 Å². The summed E-state index contributed by atoms with van der Waals surface area (Å²) in [5.41, 5.74) is 1.31. The summed E-state index contributed by atoms with van der Waals surface area (Å²) in [6, 6.07) is 10.3. The Kier molecular flexibility index (Phi) is 4.94. The molecule has 0 bridgehead atoms. The van der Waals surface area contributed by atoms with E-state index in [9.17, 15) is 4.79 Å². The van der Waals surface area contributed by atoms with Crippen molar-refractivity contribution in [2.24, 2.45) is 5.92 Å². The summed E-state index contributed by atoms with van der Waals surface area (Å²) in [6.45, 7) is 2.61. The number of benzene rings is 1. The summed E-state index contributed by atoms with van der Waals surface area (Å²) in [7, 11) is 0. The van der Waals surface area contributed by atoms with Gasteiger partial charge in [-0.1, -0.05) is 30.3 Å². The molecule has 1 unspecified atom stereocenters. The van der Waals surface area contributed by atoms with E-state index in [0.29, 0.717) is 24.7 Å². The van der Waals surface area contributed by atoms with Gasteiger partial charge in [-0.2, -0.15) is 0 Å². The number of carbonyl (C=O) groups is 1. The van der Waals surface area contributed by atoms with Gasteiger partial charge in [-0.3, -0.25) is 4.79 Å². The Morgan fingerprint density at radius 2 is 2.06 bits per heavy atom. The van der Waals surface area contributed by atoms with Crippen LogP contribution in [0.1, 0.15) is 38.2 Å². The Hall–Kier alpha value is -1.15. The van der Waals surface area contributed by atoms with E-state index in [1.54, 1.807) is 0 Å². The molecule has 1 fully saturated rings. The first-order chi connectivity index (χ1) is 8.81. The molecule has 1 saturated carbocycles. The van der Waals surface area contributed by atoms with Crippen LogP contribution in [-0.2, 0) is 16.0 Å². The summed E-state index contributed by atoms with van der Waals surface area (Å²) < 4.78 is 5.58. The fourth-order valence-electron chi connectivity index (χ4n) is 2.32. The zero-order valence-electron chi connectivity index (χ0n) is 11.1. The van der Waals surface area contributed by atoms with Crippen molar-refractivity contribution < 1.29 is 9.53 Å². The highest BCUT2D eigenvalue weighted by Gasteiger charge is 2.35. The number of aryl methyl sites for hydroxylation is 1. The number of carbonyl (C=O) groups excluding carboxylic acids is 1. The molecule has 0 amide bonds. The summed E-state index contributed by atoms with van der Waals surface area (Å²) in [5.74, 6) is 0.810. The van der Waals surface area contributed by atoms with Crippen molar-refractivity contribution in [3.63, 3.8) is 0 Å². The van der Waals surface area contributed by atoms with Crippen molar-refractivity contribution in [3.8, 4) is 0 Å². The molecule has 98 valence electrons. The molecule has 0 N–H and O–H groups in total. The van der Waals surface area contributed by atoms with Crippen molar-refractivity contribution in [3.05, 3.63) is 35.9 Å². The van der Waals surface area contributed by atoms with Crippen LogP contribution in [0.25, 0.3) is 0 Å². The van der Waals surface area contributed by atoms with E-state index in [1.807, 2.05) is 25.1 Å². The van der Waals surface area contributed by atoms with Gasteiger partial charge >= 0.3 is 0 Å². The van der Waals surface area contributed by atoms with Crippen molar-refractivity contribution in [2.75, 3.05) is 6.61 Å². The minimum Gasteiger partial charge on any atom is -0.370 e. The van der Waals surface area contributed by atoms with E-state index in [4.69, 9.17) is 4.74 Å². The number of ether oxygens (including phenoxy) is 1. The van der Waals surface area contributed by atoms with Crippen molar-refractivity contribution in [2.45, 2.75) is 45.1 Å². The van der Waals surface area contributed by atoms with Crippen LogP contribution in [0.4, 0.5) is 0 Å². The number of ketones is 1. The van der Waals surface area contributed by atoms with Crippen LogP contribution < -0.4 is 0 Å². The molecule has 0 aromatic heterocycles. The highest BCUT2D eigenvalue weighted by Crippen LogP contribution is 2.35. The second-order valence-corrected chi connectivity index (χ2v) is 5.02. The maximum Gasteiger partial charge on any atom is 0.161 e. The Morgan fingerprint density at radius 3 is 2.67 bits per heavy atom. The molecule has 2 heteroatoms. The first-order valence-corrected chi connectivity index (χ1v) is 6.99. The van der Waals surface area contributed by atoms with Gasteiger partial charge < -0.3 is 4.74 Å². The monoisotopic (exact) mass is 246 g/mol. The third kappa shape index (κ3) is 3.95. The molecular weight excluding hydrogens is 224 g/mol. The van der Waals surface area contributed by atoms with Gasteiger partial charge in [0.2, 0.25) is 0 Å². The molecule has 2 rings (SSSR count). The quantitative estimate of drug-likeness (QED) is 0.702. The van der Waals surface area contributed by atoms with E-state index in [0.717, 1.165) is 25.7 Å². The first kappa shape index (κ1) is 13.3. The van der Waals surface area contributed by atoms with E-state index in [-0.39, 0.29) is 6.10 Å². The number of rotatable bonds is 8. The zero-order valence-corrected chi connectivity index (χ0v) is 11.1. The van der Waals surface area contributed by atoms with Crippen LogP contribution in [0.5, 0.6) is 0 Å². The van der Waals surface area contributed by atoms with Gasteiger partial charge in [0.15, 0.2) is 5.78 Å². The summed E-state index contributed by atoms with van der Waals surface area (Å²) in [6.07, 6.45) is 4.76. The Bertz CT molecular complexity index is 368. The van der Waals surface area contributed by atoms with Crippen LogP contribution in [0.2, 0.25) is 0 Å². The minimum absolute atomic E-state index is 0.120. The molecule has 1 aliphatic carbocycles. The lowest BCUT2D eigenvalue weighted by molar-refractivity contribution is -0.131. The first-order valence-electron chi connectivity index (χ1n) is 6.99. The van der Waals surface area contributed by atoms with E-state index < -0.39 is 0 Å². The van der Waals surface area contributed by atoms with E-state index >= 15 is 0 Å². The maximum atomic E-state index is 12.1. The second-order valence-electron chi connectivity index (χ2n) is 5.02. The molecular formula is C16H22O2. The van der Waals surface area contributed by atoms with E-state index in [1.165, 1.54) is 5.56 Å². The topological polar surface area (TPSA) is 26.3 Å². The normalized spacial score (nSPS) is 16.5. The minimum atomic E-state index is -0.120. The molecule has 0 spiro atoms. The lowest BCUT2D eigenvalue weighted by Crippen LogP contribution is -2.26. The summed E-state index contributed by atoms with van der Waals surface area (Å²) in [5, 5.41) is 0. The van der Waals surface area contributed by atoms with Crippen LogP contribution in [0.15, 0.2) is 30.3 Å². The Balaban J connectivity index is 1.73.